The number of nitrogens with zero attached hydrogens (tertiary/aromatic N) is 1. The lowest BCUT2D eigenvalue weighted by atomic mass is 10.1. The molecule has 6 heteroatoms. The molecule has 4 rings (SSSR count). The van der Waals surface area contributed by atoms with Gasteiger partial charge >= 0.3 is 5.97 Å². The van der Waals surface area contributed by atoms with Gasteiger partial charge in [-0.05, 0) is 36.8 Å². The third kappa shape index (κ3) is 3.76. The number of hydrogen-bond acceptors (Lipinski definition) is 4. The Hall–Kier alpha value is -3.31. The number of fused-ring (bicyclic) bond motifs is 1. The molecule has 1 aliphatic heterocycles. The Balaban J connectivity index is 1.72. The fourth-order valence-electron chi connectivity index (χ4n) is 3.64. The van der Waals surface area contributed by atoms with E-state index >= 15 is 0 Å². The van der Waals surface area contributed by atoms with Gasteiger partial charge in [-0.1, -0.05) is 60.1 Å². The molecule has 1 amide bonds. The smallest absolute Gasteiger partial charge is 0.340 e. The van der Waals surface area contributed by atoms with E-state index in [4.69, 9.17) is 16.3 Å². The molecule has 0 saturated heterocycles. The number of ether oxygens (including phenoxy) is 1. The number of halogens is 1. The fourth-order valence-corrected chi connectivity index (χ4v) is 3.84. The lowest BCUT2D eigenvalue weighted by Crippen LogP contribution is -2.32. The van der Waals surface area contributed by atoms with Crippen molar-refractivity contribution in [2.24, 2.45) is 0 Å². The van der Waals surface area contributed by atoms with Crippen LogP contribution in [0.3, 0.4) is 0 Å². The highest BCUT2D eigenvalue weighted by molar-refractivity contribution is 6.31. The predicted octanol–water partition coefficient (Wildman–Crippen LogP) is 5.28. The van der Waals surface area contributed by atoms with E-state index in [1.807, 2.05) is 60.7 Å². The Bertz CT molecular complexity index is 1100. The lowest BCUT2D eigenvalue weighted by Gasteiger charge is -2.28. The first-order valence-electron chi connectivity index (χ1n) is 9.76. The topological polar surface area (TPSA) is 58.6 Å². The van der Waals surface area contributed by atoms with Crippen molar-refractivity contribution in [3.8, 4) is 0 Å². The number of anilines is 1. The molecular formula is C24H21ClN2O3. The molecule has 0 fully saturated rings. The van der Waals surface area contributed by atoms with Crippen LogP contribution in [-0.4, -0.2) is 23.4 Å². The summed E-state index contributed by atoms with van der Waals surface area (Å²) in [5.41, 5.74) is 3.37. The quantitative estimate of drug-likeness (QED) is 0.551. The summed E-state index contributed by atoms with van der Waals surface area (Å²) in [5.74, 6) is -0.493. The molecule has 0 spiro atoms. The molecule has 1 atom stereocenters. The number of nitrogens with one attached hydrogen (secondary N) is 1. The number of rotatable bonds is 6. The van der Waals surface area contributed by atoms with Crippen LogP contribution in [0.2, 0.25) is 5.02 Å². The molecule has 5 nitrogen and oxygen atoms in total. The van der Waals surface area contributed by atoms with Crippen molar-refractivity contribution in [2.75, 3.05) is 11.9 Å². The van der Waals surface area contributed by atoms with Crippen LogP contribution in [0.1, 0.15) is 44.9 Å². The second-order valence-corrected chi connectivity index (χ2v) is 7.33. The summed E-state index contributed by atoms with van der Waals surface area (Å²) in [5, 5.41) is 3.99. The van der Waals surface area contributed by atoms with Gasteiger partial charge in [-0.15, -0.1) is 0 Å². The minimum absolute atomic E-state index is 0.0864. The largest absolute Gasteiger partial charge is 0.462 e. The summed E-state index contributed by atoms with van der Waals surface area (Å²) in [6, 6.07) is 22.1. The zero-order valence-corrected chi connectivity index (χ0v) is 17.2. The first kappa shape index (κ1) is 20.0. The van der Waals surface area contributed by atoms with E-state index in [-0.39, 0.29) is 12.5 Å². The highest BCUT2D eigenvalue weighted by Crippen LogP contribution is 2.37. The van der Waals surface area contributed by atoms with Gasteiger partial charge in [0.25, 0.3) is 5.91 Å². The Morgan fingerprint density at radius 3 is 2.53 bits per heavy atom. The zero-order chi connectivity index (χ0) is 21.1. The molecular weight excluding hydrogens is 400 g/mol. The van der Waals surface area contributed by atoms with E-state index in [2.05, 4.69) is 5.32 Å². The summed E-state index contributed by atoms with van der Waals surface area (Å²) in [6.07, 6.45) is -0.444. The van der Waals surface area contributed by atoms with Crippen molar-refractivity contribution in [3.63, 3.8) is 0 Å². The number of carbonyl (C=O) groups is 2. The summed E-state index contributed by atoms with van der Waals surface area (Å²) < 4.78 is 5.18. The molecule has 0 aliphatic carbocycles. The lowest BCUT2D eigenvalue weighted by molar-refractivity contribution is 0.0527. The maximum absolute atomic E-state index is 13.2. The molecule has 152 valence electrons. The number of para-hydroxylation sites is 1. The summed E-state index contributed by atoms with van der Waals surface area (Å²) in [6.45, 7) is 2.40. The third-order valence-electron chi connectivity index (χ3n) is 5.07. The molecule has 0 aromatic heterocycles. The minimum Gasteiger partial charge on any atom is -0.462 e. The predicted molar refractivity (Wildman–Crippen MR) is 117 cm³/mol. The van der Waals surface area contributed by atoms with Crippen LogP contribution < -0.4 is 5.32 Å². The van der Waals surface area contributed by atoms with Gasteiger partial charge in [0.2, 0.25) is 0 Å². The van der Waals surface area contributed by atoms with Crippen molar-refractivity contribution in [3.05, 3.63) is 100 Å². The van der Waals surface area contributed by atoms with Crippen molar-refractivity contribution in [1.82, 2.24) is 4.90 Å². The molecule has 0 unspecified atom stereocenters. The van der Waals surface area contributed by atoms with Crippen molar-refractivity contribution < 1.29 is 14.3 Å². The van der Waals surface area contributed by atoms with E-state index in [0.717, 1.165) is 11.1 Å². The number of benzene rings is 3. The Morgan fingerprint density at radius 2 is 1.73 bits per heavy atom. The zero-order valence-electron chi connectivity index (χ0n) is 16.5. The highest BCUT2D eigenvalue weighted by Gasteiger charge is 2.37. The van der Waals surface area contributed by atoms with Crippen LogP contribution in [0.15, 0.2) is 72.8 Å². The van der Waals surface area contributed by atoms with Crippen molar-refractivity contribution >= 4 is 29.2 Å². The van der Waals surface area contributed by atoms with Gasteiger partial charge in [-0.25, -0.2) is 4.79 Å². The summed E-state index contributed by atoms with van der Waals surface area (Å²) >= 11 is 6.35. The van der Waals surface area contributed by atoms with Gasteiger partial charge in [0.1, 0.15) is 6.17 Å². The van der Waals surface area contributed by atoms with Crippen molar-refractivity contribution in [1.29, 1.82) is 0 Å². The second kappa shape index (κ2) is 8.59. The average Bonchev–Trinajstić information content (AvgIpc) is 3.02. The number of amides is 1. The van der Waals surface area contributed by atoms with Crippen LogP contribution in [0.4, 0.5) is 5.69 Å². The Kier molecular flexibility index (Phi) is 5.72. The molecule has 1 aliphatic rings. The molecule has 1 N–H and O–H groups in total. The van der Waals surface area contributed by atoms with Gasteiger partial charge < -0.3 is 15.0 Å². The van der Waals surface area contributed by atoms with Crippen LogP contribution in [0, 0.1) is 0 Å². The Labute approximate surface area is 180 Å². The van der Waals surface area contributed by atoms with Crippen LogP contribution in [0.25, 0.3) is 0 Å². The first-order chi connectivity index (χ1) is 14.6. The van der Waals surface area contributed by atoms with Gasteiger partial charge in [0.15, 0.2) is 0 Å². The van der Waals surface area contributed by atoms with E-state index in [1.165, 1.54) is 0 Å². The summed E-state index contributed by atoms with van der Waals surface area (Å²) in [7, 11) is 0. The van der Waals surface area contributed by atoms with Gasteiger partial charge in [-0.2, -0.15) is 0 Å². The van der Waals surface area contributed by atoms with Crippen LogP contribution in [0.5, 0.6) is 0 Å². The molecule has 3 aromatic carbocycles. The van der Waals surface area contributed by atoms with Gasteiger partial charge in [0, 0.05) is 22.7 Å². The normalized spacial score (nSPS) is 15.1. The minimum atomic E-state index is -0.444. The fraction of sp³-hybridized carbons (Fsp3) is 0.167. The number of hydrogen-bond donors (Lipinski definition) is 1. The van der Waals surface area contributed by atoms with Gasteiger partial charge in [0.05, 0.1) is 17.9 Å². The third-order valence-corrected chi connectivity index (χ3v) is 5.44. The molecule has 3 aromatic rings. The molecule has 0 bridgehead atoms. The Morgan fingerprint density at radius 1 is 1.03 bits per heavy atom. The number of esters is 1. The highest BCUT2D eigenvalue weighted by atomic mass is 35.5. The molecule has 30 heavy (non-hydrogen) atoms. The first-order valence-corrected chi connectivity index (χ1v) is 10.1. The van der Waals surface area contributed by atoms with E-state index in [1.54, 1.807) is 24.0 Å². The van der Waals surface area contributed by atoms with Gasteiger partial charge in [-0.3, -0.25) is 4.79 Å². The molecule has 1 heterocycles. The maximum Gasteiger partial charge on any atom is 0.340 e. The van der Waals surface area contributed by atoms with E-state index in [0.29, 0.717) is 28.4 Å². The van der Waals surface area contributed by atoms with Crippen LogP contribution >= 0.6 is 11.6 Å². The SMILES string of the molecule is CCOC(=O)c1ccccc1N[C@@H]1c2ccccc2C(=O)N1Cc1ccccc1Cl. The average molecular weight is 421 g/mol. The molecule has 0 saturated carbocycles. The van der Waals surface area contributed by atoms with Crippen LogP contribution in [-0.2, 0) is 11.3 Å². The van der Waals surface area contributed by atoms with E-state index in [9.17, 15) is 9.59 Å². The van der Waals surface area contributed by atoms with E-state index < -0.39 is 12.1 Å². The van der Waals surface area contributed by atoms with Crippen molar-refractivity contribution in [2.45, 2.75) is 19.6 Å². The maximum atomic E-state index is 13.2. The summed E-state index contributed by atoms with van der Waals surface area (Å²) in [4.78, 5) is 27.3. The monoisotopic (exact) mass is 420 g/mol. The molecule has 0 radical (unpaired) electrons. The standard InChI is InChI=1S/C24H21ClN2O3/c1-2-30-24(29)19-12-6-8-14-21(19)26-22-17-10-4-5-11-18(17)23(28)27(22)15-16-9-3-7-13-20(16)25/h3-14,22,26H,2,15H2,1H3/t22-/m0/s1. The second-order valence-electron chi connectivity index (χ2n) is 6.92. The number of carbonyl (C=O) groups excluding carboxylic acids is 2.